The van der Waals surface area contributed by atoms with E-state index in [4.69, 9.17) is 5.73 Å². The molecule has 23 heavy (non-hydrogen) atoms. The minimum atomic E-state index is -0.934. The molecule has 1 fully saturated rings. The number of carboxylic acid groups (broad SMARTS) is 1. The quantitative estimate of drug-likeness (QED) is 0.766. The summed E-state index contributed by atoms with van der Waals surface area (Å²) in [6.07, 6.45) is 3.39. The molecule has 1 heterocycles. The molecular formula is C16H22N2O4S. The average Bonchev–Trinajstić information content (AvgIpc) is 2.82. The van der Waals surface area contributed by atoms with Crippen molar-refractivity contribution in [3.05, 3.63) is 16.0 Å². The van der Waals surface area contributed by atoms with Crippen LogP contribution in [0.5, 0.6) is 0 Å². The maximum Gasteiger partial charge on any atom is 0.307 e. The van der Waals surface area contributed by atoms with Crippen molar-refractivity contribution in [2.75, 3.05) is 5.32 Å². The van der Waals surface area contributed by atoms with Crippen LogP contribution in [0.15, 0.2) is 0 Å². The van der Waals surface area contributed by atoms with Crippen molar-refractivity contribution in [1.29, 1.82) is 0 Å². The lowest BCUT2D eigenvalue weighted by Crippen LogP contribution is -2.36. The first-order valence-electron chi connectivity index (χ1n) is 7.82. The number of amides is 2. The van der Waals surface area contributed by atoms with Crippen LogP contribution >= 0.6 is 11.3 Å². The molecule has 1 aromatic rings. The SMILES string of the molecule is CCc1c(C)sc(NC(=O)[C@H]2CCCC[C@H]2C(=O)O)c1C(N)=O. The van der Waals surface area contributed by atoms with Gasteiger partial charge in [-0.05, 0) is 31.7 Å². The first kappa shape index (κ1) is 17.5. The van der Waals surface area contributed by atoms with Crippen molar-refractivity contribution >= 4 is 34.1 Å². The number of carbonyl (C=O) groups is 3. The van der Waals surface area contributed by atoms with E-state index in [2.05, 4.69) is 5.32 Å². The summed E-state index contributed by atoms with van der Waals surface area (Å²) in [5, 5.41) is 12.5. The Morgan fingerprint density at radius 2 is 1.87 bits per heavy atom. The second-order valence-electron chi connectivity index (χ2n) is 5.88. The fraction of sp³-hybridized carbons (Fsp3) is 0.562. The molecule has 7 heteroatoms. The van der Waals surface area contributed by atoms with Gasteiger partial charge in [-0.2, -0.15) is 0 Å². The highest BCUT2D eigenvalue weighted by Crippen LogP contribution is 2.36. The molecule has 2 rings (SSSR count). The lowest BCUT2D eigenvalue weighted by Gasteiger charge is -2.27. The zero-order valence-corrected chi connectivity index (χ0v) is 14.2. The number of aliphatic carboxylic acids is 1. The molecule has 2 amide bonds. The number of primary amides is 1. The van der Waals surface area contributed by atoms with Crippen LogP contribution in [-0.4, -0.2) is 22.9 Å². The molecule has 126 valence electrons. The third kappa shape index (κ3) is 3.55. The van der Waals surface area contributed by atoms with Crippen LogP contribution < -0.4 is 11.1 Å². The predicted octanol–water partition coefficient (Wildman–Crippen LogP) is 2.55. The monoisotopic (exact) mass is 338 g/mol. The van der Waals surface area contributed by atoms with Crippen LogP contribution in [0.2, 0.25) is 0 Å². The van der Waals surface area contributed by atoms with Crippen LogP contribution in [0.25, 0.3) is 0 Å². The van der Waals surface area contributed by atoms with Gasteiger partial charge < -0.3 is 16.2 Å². The van der Waals surface area contributed by atoms with Crippen LogP contribution in [0.3, 0.4) is 0 Å². The van der Waals surface area contributed by atoms with E-state index in [9.17, 15) is 19.5 Å². The Morgan fingerprint density at radius 1 is 1.26 bits per heavy atom. The van der Waals surface area contributed by atoms with E-state index < -0.39 is 23.7 Å². The first-order chi connectivity index (χ1) is 10.9. The largest absolute Gasteiger partial charge is 0.481 e. The van der Waals surface area contributed by atoms with Gasteiger partial charge in [0.2, 0.25) is 5.91 Å². The highest BCUT2D eigenvalue weighted by molar-refractivity contribution is 7.16. The maximum absolute atomic E-state index is 12.5. The molecular weight excluding hydrogens is 316 g/mol. The number of nitrogens with one attached hydrogen (secondary N) is 1. The summed E-state index contributed by atoms with van der Waals surface area (Å²) < 4.78 is 0. The number of rotatable bonds is 5. The fourth-order valence-corrected chi connectivity index (χ4v) is 4.45. The van der Waals surface area contributed by atoms with Gasteiger partial charge in [-0.15, -0.1) is 11.3 Å². The topological polar surface area (TPSA) is 109 Å². The van der Waals surface area contributed by atoms with Crippen LogP contribution in [0, 0.1) is 18.8 Å². The Kier molecular flexibility index (Phi) is 5.41. The number of carbonyl (C=O) groups excluding carboxylic acids is 2. The van der Waals surface area contributed by atoms with Gasteiger partial charge in [0.15, 0.2) is 0 Å². The van der Waals surface area contributed by atoms with Crippen molar-refractivity contribution < 1.29 is 19.5 Å². The number of thiophene rings is 1. The third-order valence-corrected chi connectivity index (χ3v) is 5.53. The molecule has 0 saturated heterocycles. The second kappa shape index (κ2) is 7.12. The number of aryl methyl sites for hydroxylation is 1. The Hall–Kier alpha value is -1.89. The van der Waals surface area contributed by atoms with Crippen molar-refractivity contribution in [2.45, 2.75) is 46.0 Å². The number of nitrogens with two attached hydrogens (primary N) is 1. The molecule has 0 radical (unpaired) electrons. The summed E-state index contributed by atoms with van der Waals surface area (Å²) >= 11 is 1.32. The second-order valence-corrected chi connectivity index (χ2v) is 7.11. The number of carboxylic acids is 1. The normalized spacial score (nSPS) is 21.0. The first-order valence-corrected chi connectivity index (χ1v) is 8.64. The predicted molar refractivity (Wildman–Crippen MR) is 88.7 cm³/mol. The molecule has 0 unspecified atom stereocenters. The van der Waals surface area contributed by atoms with E-state index in [1.54, 1.807) is 0 Å². The van der Waals surface area contributed by atoms with Gasteiger partial charge in [0.1, 0.15) is 5.00 Å². The summed E-state index contributed by atoms with van der Waals surface area (Å²) in [4.78, 5) is 36.6. The summed E-state index contributed by atoms with van der Waals surface area (Å²) in [5.74, 6) is -3.05. The average molecular weight is 338 g/mol. The lowest BCUT2D eigenvalue weighted by molar-refractivity contribution is -0.147. The molecule has 1 aromatic heterocycles. The van der Waals surface area contributed by atoms with E-state index in [-0.39, 0.29) is 5.91 Å². The van der Waals surface area contributed by atoms with Crippen LogP contribution in [0.4, 0.5) is 5.00 Å². The van der Waals surface area contributed by atoms with Gasteiger partial charge in [-0.3, -0.25) is 14.4 Å². The van der Waals surface area contributed by atoms with Crippen molar-refractivity contribution in [1.82, 2.24) is 0 Å². The summed E-state index contributed by atoms with van der Waals surface area (Å²) in [5.41, 5.74) is 6.65. The van der Waals surface area contributed by atoms with Gasteiger partial charge >= 0.3 is 5.97 Å². The lowest BCUT2D eigenvalue weighted by atomic mass is 9.79. The molecule has 0 bridgehead atoms. The molecule has 0 aromatic carbocycles. The Bertz CT molecular complexity index is 638. The Labute approximate surface area is 139 Å². The minimum absolute atomic E-state index is 0.330. The van der Waals surface area contributed by atoms with Crippen molar-refractivity contribution in [3.63, 3.8) is 0 Å². The van der Waals surface area contributed by atoms with E-state index in [1.807, 2.05) is 13.8 Å². The van der Waals surface area contributed by atoms with Crippen LogP contribution in [0.1, 0.15) is 53.4 Å². The van der Waals surface area contributed by atoms with Crippen molar-refractivity contribution in [2.24, 2.45) is 17.6 Å². The minimum Gasteiger partial charge on any atom is -0.481 e. The molecule has 0 spiro atoms. The highest BCUT2D eigenvalue weighted by atomic mass is 32.1. The number of hydrogen-bond donors (Lipinski definition) is 3. The molecule has 0 aliphatic heterocycles. The Balaban J connectivity index is 2.26. The van der Waals surface area contributed by atoms with Crippen LogP contribution in [-0.2, 0) is 16.0 Å². The number of anilines is 1. The number of hydrogen-bond acceptors (Lipinski definition) is 4. The van der Waals surface area contributed by atoms with Gasteiger partial charge in [-0.25, -0.2) is 0 Å². The summed E-state index contributed by atoms with van der Waals surface area (Å²) in [6.45, 7) is 3.81. The maximum atomic E-state index is 12.5. The third-order valence-electron chi connectivity index (χ3n) is 4.47. The van der Waals surface area contributed by atoms with E-state index in [0.29, 0.717) is 29.8 Å². The fourth-order valence-electron chi connectivity index (χ4n) is 3.30. The zero-order chi connectivity index (χ0) is 17.1. The van der Waals surface area contributed by atoms with E-state index >= 15 is 0 Å². The molecule has 4 N–H and O–H groups in total. The smallest absolute Gasteiger partial charge is 0.307 e. The Morgan fingerprint density at radius 3 is 2.39 bits per heavy atom. The molecule has 1 aliphatic rings. The van der Waals surface area contributed by atoms with Gasteiger partial charge in [0.25, 0.3) is 5.91 Å². The van der Waals surface area contributed by atoms with E-state index in [1.165, 1.54) is 11.3 Å². The van der Waals surface area contributed by atoms with Gasteiger partial charge in [0.05, 0.1) is 17.4 Å². The molecule has 1 saturated carbocycles. The van der Waals surface area contributed by atoms with Gasteiger partial charge in [0, 0.05) is 4.88 Å². The standard InChI is InChI=1S/C16H22N2O4S/c1-3-9-8(2)23-15(12(9)13(17)19)18-14(20)10-6-4-5-7-11(10)16(21)22/h10-11H,3-7H2,1-2H3,(H2,17,19)(H,18,20)(H,21,22)/t10-,11+/m0/s1. The summed E-state index contributed by atoms with van der Waals surface area (Å²) in [7, 11) is 0. The van der Waals surface area contributed by atoms with Gasteiger partial charge in [-0.1, -0.05) is 19.8 Å². The van der Waals surface area contributed by atoms with Crippen molar-refractivity contribution in [3.8, 4) is 0 Å². The summed E-state index contributed by atoms with van der Waals surface area (Å²) in [6, 6.07) is 0. The molecule has 6 nitrogen and oxygen atoms in total. The molecule has 1 aliphatic carbocycles. The van der Waals surface area contributed by atoms with E-state index in [0.717, 1.165) is 23.3 Å². The zero-order valence-electron chi connectivity index (χ0n) is 13.3. The molecule has 2 atom stereocenters. The highest BCUT2D eigenvalue weighted by Gasteiger charge is 2.36.